The van der Waals surface area contributed by atoms with Crippen molar-refractivity contribution in [2.75, 3.05) is 13.7 Å². The van der Waals surface area contributed by atoms with Crippen molar-refractivity contribution in [1.82, 2.24) is 5.32 Å². The van der Waals surface area contributed by atoms with Gasteiger partial charge in [0.15, 0.2) is 0 Å². The number of ether oxygens (including phenoxy) is 1. The zero-order valence-corrected chi connectivity index (χ0v) is 12.0. The molecule has 0 aliphatic rings. The summed E-state index contributed by atoms with van der Waals surface area (Å²) in [5.41, 5.74) is 0.966. The van der Waals surface area contributed by atoms with Crippen LogP contribution in [-0.2, 0) is 9.53 Å². The van der Waals surface area contributed by atoms with Crippen LogP contribution in [0.15, 0.2) is 28.7 Å². The van der Waals surface area contributed by atoms with Gasteiger partial charge in [0.2, 0.25) is 0 Å². The van der Waals surface area contributed by atoms with Crippen LogP contribution in [0.25, 0.3) is 0 Å². The lowest BCUT2D eigenvalue weighted by Gasteiger charge is -2.17. The molecule has 0 spiro atoms. The second-order valence-electron chi connectivity index (χ2n) is 4.19. The van der Waals surface area contributed by atoms with Gasteiger partial charge in [-0.25, -0.2) is 0 Å². The zero-order chi connectivity index (χ0) is 12.8. The van der Waals surface area contributed by atoms with Gasteiger partial charge in [-0.05, 0) is 17.7 Å². The monoisotopic (exact) mass is 299 g/mol. The zero-order valence-electron chi connectivity index (χ0n) is 10.4. The molecular formula is C13H18BrNO2. The number of carbonyl (C=O) groups is 1. The van der Waals surface area contributed by atoms with Gasteiger partial charge in [-0.15, -0.1) is 0 Å². The second-order valence-corrected chi connectivity index (χ2v) is 5.11. The van der Waals surface area contributed by atoms with Crippen molar-refractivity contribution < 1.29 is 9.53 Å². The molecule has 1 rings (SSSR count). The third kappa shape index (κ3) is 4.48. The van der Waals surface area contributed by atoms with Crippen LogP contribution in [-0.4, -0.2) is 25.7 Å². The summed E-state index contributed by atoms with van der Waals surface area (Å²) in [6.07, 6.45) is 0. The molecule has 4 heteroatoms. The summed E-state index contributed by atoms with van der Waals surface area (Å²) in [5, 5.41) is 3.26. The van der Waals surface area contributed by atoms with Crippen molar-refractivity contribution in [2.24, 2.45) is 0 Å². The molecule has 1 atom stereocenters. The predicted octanol–water partition coefficient (Wildman–Crippen LogP) is 2.70. The molecule has 0 saturated heterocycles. The molecular weight excluding hydrogens is 282 g/mol. The van der Waals surface area contributed by atoms with Crippen LogP contribution in [0.1, 0.15) is 25.3 Å². The lowest BCUT2D eigenvalue weighted by Crippen LogP contribution is -2.32. The van der Waals surface area contributed by atoms with Crippen molar-refractivity contribution >= 4 is 21.9 Å². The van der Waals surface area contributed by atoms with Crippen LogP contribution in [0.4, 0.5) is 0 Å². The van der Waals surface area contributed by atoms with E-state index in [1.165, 1.54) is 7.11 Å². The van der Waals surface area contributed by atoms with E-state index in [2.05, 4.69) is 35.1 Å². The maximum absolute atomic E-state index is 11.7. The number of nitrogens with one attached hydrogen (secondary N) is 1. The number of halogens is 1. The first-order valence-corrected chi connectivity index (χ1v) is 6.40. The molecule has 0 amide bonds. The van der Waals surface area contributed by atoms with E-state index < -0.39 is 0 Å². The van der Waals surface area contributed by atoms with E-state index in [9.17, 15) is 4.79 Å². The highest BCUT2D eigenvalue weighted by molar-refractivity contribution is 9.10. The Morgan fingerprint density at radius 2 is 1.94 bits per heavy atom. The SMILES string of the molecule is COC(=O)[C@H](CNC(C)C)c1ccc(Br)cc1. The standard InChI is InChI=1S/C13H18BrNO2/c1-9(2)15-8-12(13(16)17-3)10-4-6-11(14)7-5-10/h4-7,9,12,15H,8H2,1-3H3/t12-/m1/s1. The Kier molecular flexibility index (Phi) is 5.65. The van der Waals surface area contributed by atoms with Gasteiger partial charge in [0.05, 0.1) is 13.0 Å². The molecule has 0 radical (unpaired) electrons. The molecule has 3 nitrogen and oxygen atoms in total. The second kappa shape index (κ2) is 6.77. The van der Waals surface area contributed by atoms with E-state index >= 15 is 0 Å². The van der Waals surface area contributed by atoms with Crippen molar-refractivity contribution in [3.05, 3.63) is 34.3 Å². The van der Waals surface area contributed by atoms with Gasteiger partial charge in [-0.2, -0.15) is 0 Å². The predicted molar refractivity (Wildman–Crippen MR) is 72.0 cm³/mol. The largest absolute Gasteiger partial charge is 0.469 e. The number of hydrogen-bond donors (Lipinski definition) is 1. The minimum atomic E-state index is -0.254. The highest BCUT2D eigenvalue weighted by Crippen LogP contribution is 2.19. The van der Waals surface area contributed by atoms with E-state index in [1.54, 1.807) is 0 Å². The summed E-state index contributed by atoms with van der Waals surface area (Å²) in [6.45, 7) is 4.69. The van der Waals surface area contributed by atoms with Gasteiger partial charge in [-0.3, -0.25) is 4.79 Å². The topological polar surface area (TPSA) is 38.3 Å². The third-order valence-electron chi connectivity index (χ3n) is 2.49. The van der Waals surface area contributed by atoms with E-state index in [0.29, 0.717) is 12.6 Å². The Morgan fingerprint density at radius 1 is 1.35 bits per heavy atom. The van der Waals surface area contributed by atoms with Crippen molar-refractivity contribution in [1.29, 1.82) is 0 Å². The van der Waals surface area contributed by atoms with Gasteiger partial charge >= 0.3 is 5.97 Å². The van der Waals surface area contributed by atoms with Gasteiger partial charge in [0.25, 0.3) is 0 Å². The van der Waals surface area contributed by atoms with Crippen LogP contribution in [0, 0.1) is 0 Å². The third-order valence-corrected chi connectivity index (χ3v) is 3.02. The number of hydrogen-bond acceptors (Lipinski definition) is 3. The quantitative estimate of drug-likeness (QED) is 0.850. The molecule has 0 unspecified atom stereocenters. The van der Waals surface area contributed by atoms with Crippen LogP contribution in [0.3, 0.4) is 0 Å². The van der Waals surface area contributed by atoms with Crippen molar-refractivity contribution in [3.8, 4) is 0 Å². The summed E-state index contributed by atoms with van der Waals surface area (Å²) in [5.74, 6) is -0.462. The van der Waals surface area contributed by atoms with Crippen LogP contribution in [0.5, 0.6) is 0 Å². The molecule has 0 fully saturated rings. The first-order chi connectivity index (χ1) is 8.04. The van der Waals surface area contributed by atoms with Crippen LogP contribution >= 0.6 is 15.9 Å². The minimum absolute atomic E-state index is 0.208. The van der Waals surface area contributed by atoms with E-state index in [1.807, 2.05) is 24.3 Å². The Morgan fingerprint density at radius 3 is 2.41 bits per heavy atom. The number of methoxy groups -OCH3 is 1. The number of benzene rings is 1. The minimum Gasteiger partial charge on any atom is -0.469 e. The molecule has 1 N–H and O–H groups in total. The molecule has 94 valence electrons. The van der Waals surface area contributed by atoms with Gasteiger partial charge in [-0.1, -0.05) is 41.9 Å². The molecule has 1 aromatic rings. The van der Waals surface area contributed by atoms with E-state index in [0.717, 1.165) is 10.0 Å². The lowest BCUT2D eigenvalue weighted by molar-refractivity contribution is -0.142. The summed E-state index contributed by atoms with van der Waals surface area (Å²) in [6, 6.07) is 8.08. The Balaban J connectivity index is 2.82. The molecule has 0 bridgehead atoms. The molecule has 0 aliphatic heterocycles. The average molecular weight is 300 g/mol. The van der Waals surface area contributed by atoms with E-state index in [4.69, 9.17) is 4.74 Å². The summed E-state index contributed by atoms with van der Waals surface area (Å²) < 4.78 is 5.84. The normalized spacial score (nSPS) is 12.5. The molecule has 1 aromatic carbocycles. The number of rotatable bonds is 5. The van der Waals surface area contributed by atoms with Crippen molar-refractivity contribution in [3.63, 3.8) is 0 Å². The molecule has 0 aromatic heterocycles. The Bertz CT molecular complexity index is 362. The highest BCUT2D eigenvalue weighted by atomic mass is 79.9. The smallest absolute Gasteiger partial charge is 0.314 e. The first-order valence-electron chi connectivity index (χ1n) is 5.61. The van der Waals surface area contributed by atoms with Gasteiger partial charge < -0.3 is 10.1 Å². The fourth-order valence-corrected chi connectivity index (χ4v) is 1.79. The number of esters is 1. The number of carbonyl (C=O) groups excluding carboxylic acids is 1. The first kappa shape index (κ1) is 14.2. The fourth-order valence-electron chi connectivity index (χ4n) is 1.53. The van der Waals surface area contributed by atoms with Gasteiger partial charge in [0.1, 0.15) is 0 Å². The van der Waals surface area contributed by atoms with Gasteiger partial charge in [0, 0.05) is 17.1 Å². The van der Waals surface area contributed by atoms with Crippen LogP contribution < -0.4 is 5.32 Å². The Hall–Kier alpha value is -0.870. The molecule has 0 saturated carbocycles. The van der Waals surface area contributed by atoms with E-state index in [-0.39, 0.29) is 11.9 Å². The molecule has 0 aliphatic carbocycles. The summed E-state index contributed by atoms with van der Waals surface area (Å²) in [4.78, 5) is 11.7. The summed E-state index contributed by atoms with van der Waals surface area (Å²) >= 11 is 3.38. The molecule has 17 heavy (non-hydrogen) atoms. The Labute approximate surface area is 111 Å². The lowest BCUT2D eigenvalue weighted by atomic mass is 9.99. The van der Waals surface area contributed by atoms with Crippen LogP contribution in [0.2, 0.25) is 0 Å². The fraction of sp³-hybridized carbons (Fsp3) is 0.462. The maximum Gasteiger partial charge on any atom is 0.314 e. The average Bonchev–Trinajstić information content (AvgIpc) is 2.30. The van der Waals surface area contributed by atoms with Crippen molar-refractivity contribution in [2.45, 2.75) is 25.8 Å². The maximum atomic E-state index is 11.7. The molecule has 0 heterocycles. The highest BCUT2D eigenvalue weighted by Gasteiger charge is 2.21. The summed E-state index contributed by atoms with van der Waals surface area (Å²) in [7, 11) is 1.42.